The lowest BCUT2D eigenvalue weighted by molar-refractivity contribution is -0.138. The minimum absolute atomic E-state index is 0.330. The van der Waals surface area contributed by atoms with E-state index in [1.54, 1.807) is 0 Å². The number of hydrogen-bond acceptors (Lipinski definition) is 2. The van der Waals surface area contributed by atoms with Gasteiger partial charge < -0.3 is 15.0 Å². The molecule has 1 saturated carbocycles. The zero-order valence-corrected chi connectivity index (χ0v) is 10.4. The minimum atomic E-state index is -4.76. The Morgan fingerprint density at radius 2 is 2.00 bits per heavy atom. The Labute approximate surface area is 112 Å². The van der Waals surface area contributed by atoms with Gasteiger partial charge in [-0.15, -0.1) is 0 Å². The summed E-state index contributed by atoms with van der Waals surface area (Å²) in [7, 11) is 0. The first-order valence-corrected chi connectivity index (χ1v) is 6.04. The third-order valence-corrected chi connectivity index (χ3v) is 3.03. The molecule has 1 aliphatic carbocycles. The summed E-state index contributed by atoms with van der Waals surface area (Å²) in [4.78, 5) is 22.3. The van der Waals surface area contributed by atoms with E-state index >= 15 is 0 Å². The molecule has 110 valence electrons. The topological polar surface area (TPSA) is 71.3 Å². The highest BCUT2D eigenvalue weighted by Crippen LogP contribution is 2.32. The van der Waals surface area contributed by atoms with Gasteiger partial charge in [-0.05, 0) is 18.8 Å². The van der Waals surface area contributed by atoms with Crippen LogP contribution < -0.4 is 5.32 Å². The molecule has 5 nitrogen and oxygen atoms in total. The third-order valence-electron chi connectivity index (χ3n) is 3.03. The van der Waals surface area contributed by atoms with Crippen LogP contribution in [0.25, 0.3) is 0 Å². The molecular weight excluding hydrogens is 277 g/mol. The van der Waals surface area contributed by atoms with Crippen molar-refractivity contribution in [1.82, 2.24) is 9.88 Å². The zero-order valence-electron chi connectivity index (χ0n) is 10.4. The summed E-state index contributed by atoms with van der Waals surface area (Å²) in [6.07, 6.45) is -1.21. The van der Waals surface area contributed by atoms with Crippen molar-refractivity contribution in [1.29, 1.82) is 0 Å². The molecule has 0 aromatic carbocycles. The number of hydrogen-bond donors (Lipinski definition) is 2. The van der Waals surface area contributed by atoms with Gasteiger partial charge in [0.1, 0.15) is 6.54 Å². The summed E-state index contributed by atoms with van der Waals surface area (Å²) in [5.74, 6) is -1.64. The fourth-order valence-electron chi connectivity index (χ4n) is 1.80. The Bertz CT molecular complexity index is 533. The van der Waals surface area contributed by atoms with E-state index in [0.717, 1.165) is 23.6 Å². The normalized spacial score (nSPS) is 15.2. The number of nitrogens with one attached hydrogen (secondary N) is 1. The number of carboxylic acids is 1. The van der Waals surface area contributed by atoms with Crippen molar-refractivity contribution in [2.75, 3.05) is 6.54 Å². The SMILES string of the molecule is O=C(Cn1cc(C(=O)O)c(C(F)(F)F)c1)NCC1CC1. The Kier molecular flexibility index (Phi) is 3.74. The van der Waals surface area contributed by atoms with E-state index in [4.69, 9.17) is 5.11 Å². The Morgan fingerprint density at radius 1 is 1.35 bits per heavy atom. The van der Waals surface area contributed by atoms with E-state index in [9.17, 15) is 22.8 Å². The van der Waals surface area contributed by atoms with Crippen LogP contribution >= 0.6 is 0 Å². The fourth-order valence-corrected chi connectivity index (χ4v) is 1.80. The quantitative estimate of drug-likeness (QED) is 0.867. The molecule has 8 heteroatoms. The van der Waals surface area contributed by atoms with E-state index in [1.165, 1.54) is 0 Å². The predicted molar refractivity (Wildman–Crippen MR) is 62.1 cm³/mol. The number of carboxylic acid groups (broad SMARTS) is 1. The van der Waals surface area contributed by atoms with Gasteiger partial charge >= 0.3 is 12.1 Å². The fraction of sp³-hybridized carbons (Fsp3) is 0.500. The van der Waals surface area contributed by atoms with E-state index in [0.29, 0.717) is 18.7 Å². The number of nitrogens with zero attached hydrogens (tertiary/aromatic N) is 1. The van der Waals surface area contributed by atoms with Gasteiger partial charge in [0.15, 0.2) is 0 Å². The van der Waals surface area contributed by atoms with Crippen LogP contribution in [0.3, 0.4) is 0 Å². The van der Waals surface area contributed by atoms with Gasteiger partial charge in [0.05, 0.1) is 11.1 Å². The number of amides is 1. The highest BCUT2D eigenvalue weighted by atomic mass is 19.4. The van der Waals surface area contributed by atoms with E-state index in [1.807, 2.05) is 0 Å². The summed E-state index contributed by atoms with van der Waals surface area (Å²) in [6.45, 7) is 0.182. The summed E-state index contributed by atoms with van der Waals surface area (Å²) >= 11 is 0. The van der Waals surface area contributed by atoms with Crippen molar-refractivity contribution < 1.29 is 27.9 Å². The summed E-state index contributed by atoms with van der Waals surface area (Å²) in [6, 6.07) is 0. The van der Waals surface area contributed by atoms with Crippen molar-refractivity contribution in [3.63, 3.8) is 0 Å². The maximum absolute atomic E-state index is 12.6. The van der Waals surface area contributed by atoms with Crippen LogP contribution in [0.5, 0.6) is 0 Å². The molecule has 0 radical (unpaired) electrons. The molecule has 0 atom stereocenters. The van der Waals surface area contributed by atoms with Crippen LogP contribution in [-0.2, 0) is 17.5 Å². The van der Waals surface area contributed by atoms with Gasteiger partial charge in [-0.2, -0.15) is 13.2 Å². The van der Waals surface area contributed by atoms with Crippen LogP contribution in [-0.4, -0.2) is 28.1 Å². The second-order valence-electron chi connectivity index (χ2n) is 4.81. The maximum Gasteiger partial charge on any atom is 0.418 e. The first-order chi connectivity index (χ1) is 9.27. The van der Waals surface area contributed by atoms with Crippen molar-refractivity contribution in [2.45, 2.75) is 25.6 Å². The molecule has 20 heavy (non-hydrogen) atoms. The van der Waals surface area contributed by atoms with Gasteiger partial charge in [0, 0.05) is 18.9 Å². The molecule has 2 N–H and O–H groups in total. The molecule has 1 heterocycles. The monoisotopic (exact) mass is 290 g/mol. The molecule has 0 aliphatic heterocycles. The number of aromatic carboxylic acids is 1. The molecule has 0 spiro atoms. The van der Waals surface area contributed by atoms with Gasteiger partial charge in [0.2, 0.25) is 5.91 Å². The number of carbonyl (C=O) groups excluding carboxylic acids is 1. The van der Waals surface area contributed by atoms with Crippen molar-refractivity contribution in [3.05, 3.63) is 23.5 Å². The Hall–Kier alpha value is -1.99. The first-order valence-electron chi connectivity index (χ1n) is 6.04. The highest BCUT2D eigenvalue weighted by molar-refractivity contribution is 5.89. The van der Waals surface area contributed by atoms with E-state index < -0.39 is 29.2 Å². The Morgan fingerprint density at radius 3 is 2.45 bits per heavy atom. The Balaban J connectivity index is 2.07. The molecule has 0 bridgehead atoms. The van der Waals surface area contributed by atoms with Crippen LogP contribution in [0.15, 0.2) is 12.4 Å². The lowest BCUT2D eigenvalue weighted by atomic mass is 10.2. The van der Waals surface area contributed by atoms with Crippen LogP contribution in [0.4, 0.5) is 13.2 Å². The number of rotatable bonds is 5. The minimum Gasteiger partial charge on any atom is -0.478 e. The van der Waals surface area contributed by atoms with Gasteiger partial charge in [0.25, 0.3) is 0 Å². The number of alkyl halides is 3. The number of carbonyl (C=O) groups is 2. The lowest BCUT2D eigenvalue weighted by Gasteiger charge is -2.05. The second kappa shape index (κ2) is 5.18. The summed E-state index contributed by atoms with van der Waals surface area (Å²) in [5, 5.41) is 11.3. The third kappa shape index (κ3) is 3.52. The summed E-state index contributed by atoms with van der Waals surface area (Å²) in [5.41, 5.74) is -2.10. The van der Waals surface area contributed by atoms with Crippen molar-refractivity contribution >= 4 is 11.9 Å². The maximum atomic E-state index is 12.6. The molecular formula is C12H13F3N2O3. The first kappa shape index (κ1) is 14.4. The van der Waals surface area contributed by atoms with Gasteiger partial charge in [-0.3, -0.25) is 4.79 Å². The molecule has 1 amide bonds. The molecule has 1 aliphatic rings. The average Bonchev–Trinajstić information content (AvgIpc) is 3.04. The molecule has 1 aromatic heterocycles. The van der Waals surface area contributed by atoms with Crippen molar-refractivity contribution in [2.24, 2.45) is 5.92 Å². The predicted octanol–water partition coefficient (Wildman–Crippen LogP) is 1.73. The zero-order chi connectivity index (χ0) is 14.9. The smallest absolute Gasteiger partial charge is 0.418 e. The second-order valence-corrected chi connectivity index (χ2v) is 4.81. The van der Waals surface area contributed by atoms with Gasteiger partial charge in [-0.25, -0.2) is 4.79 Å². The lowest BCUT2D eigenvalue weighted by Crippen LogP contribution is -2.28. The van der Waals surface area contributed by atoms with Gasteiger partial charge in [-0.1, -0.05) is 0 Å². The molecule has 0 saturated heterocycles. The molecule has 1 aromatic rings. The standard InChI is InChI=1S/C12H13F3N2O3/c13-12(14,15)9-5-17(4-8(9)11(19)20)6-10(18)16-3-7-1-2-7/h4-5,7H,1-3,6H2,(H,16,18)(H,19,20). The number of halogens is 3. The van der Waals surface area contributed by atoms with Crippen molar-refractivity contribution in [3.8, 4) is 0 Å². The van der Waals surface area contributed by atoms with E-state index in [-0.39, 0.29) is 6.54 Å². The molecule has 2 rings (SSSR count). The molecule has 1 fully saturated rings. The highest BCUT2D eigenvalue weighted by Gasteiger charge is 2.37. The van der Waals surface area contributed by atoms with Crippen LogP contribution in [0, 0.1) is 5.92 Å². The number of aromatic nitrogens is 1. The largest absolute Gasteiger partial charge is 0.478 e. The molecule has 0 unspecified atom stereocenters. The van der Waals surface area contributed by atoms with Crippen LogP contribution in [0.1, 0.15) is 28.8 Å². The van der Waals surface area contributed by atoms with Crippen LogP contribution in [0.2, 0.25) is 0 Å². The average molecular weight is 290 g/mol. The summed E-state index contributed by atoms with van der Waals surface area (Å²) < 4.78 is 38.9. The van der Waals surface area contributed by atoms with E-state index in [2.05, 4.69) is 5.32 Å².